The first kappa shape index (κ1) is 13.6. The fraction of sp³-hybridized carbons (Fsp3) is 0.467. The van der Waals surface area contributed by atoms with E-state index in [-0.39, 0.29) is 11.3 Å². The van der Waals surface area contributed by atoms with Gasteiger partial charge in [-0.1, -0.05) is 12.2 Å². The van der Waals surface area contributed by atoms with Gasteiger partial charge in [-0.15, -0.1) is 0 Å². The minimum atomic E-state index is -0.478. The Bertz CT molecular complexity index is 528. The highest BCUT2D eigenvalue weighted by atomic mass is 16.1. The molecule has 0 aromatic heterocycles. The summed E-state index contributed by atoms with van der Waals surface area (Å²) >= 11 is 0. The first-order chi connectivity index (χ1) is 8.65. The fourth-order valence-corrected chi connectivity index (χ4v) is 3.18. The number of hydrogen-bond acceptors (Lipinski definition) is 3. The molecular weight excluding hydrogens is 240 g/mol. The van der Waals surface area contributed by atoms with Gasteiger partial charge in [-0.3, -0.25) is 9.59 Å². The minimum absolute atomic E-state index is 0.0637. The van der Waals surface area contributed by atoms with Gasteiger partial charge in [0.1, 0.15) is 0 Å². The number of carbonyl (C=O) groups is 2. The molecule has 3 N–H and O–H groups in total. The fourth-order valence-electron chi connectivity index (χ4n) is 3.18. The van der Waals surface area contributed by atoms with Crippen molar-refractivity contribution < 1.29 is 9.59 Å². The first-order valence-electron chi connectivity index (χ1n) is 6.39. The second kappa shape index (κ2) is 4.08. The number of hydrogen-bond donors (Lipinski definition) is 2. The molecule has 19 heavy (non-hydrogen) atoms. The van der Waals surface area contributed by atoms with Crippen LogP contribution < -0.4 is 11.1 Å². The molecule has 4 nitrogen and oxygen atoms in total. The summed E-state index contributed by atoms with van der Waals surface area (Å²) in [5, 5.41) is 3.34. The highest BCUT2D eigenvalue weighted by Gasteiger charge is 2.46. The summed E-state index contributed by atoms with van der Waals surface area (Å²) in [5.74, 6) is -0.415. The van der Waals surface area contributed by atoms with E-state index in [2.05, 4.69) is 19.2 Å². The number of nitrogens with two attached hydrogens (primary N) is 1. The summed E-state index contributed by atoms with van der Waals surface area (Å²) in [4.78, 5) is 23.1. The Balaban J connectivity index is 2.58. The quantitative estimate of drug-likeness (QED) is 0.703. The molecule has 1 saturated heterocycles. The van der Waals surface area contributed by atoms with Crippen molar-refractivity contribution in [3.63, 3.8) is 0 Å². The Kier molecular flexibility index (Phi) is 2.92. The van der Waals surface area contributed by atoms with Gasteiger partial charge in [-0.2, -0.15) is 0 Å². The van der Waals surface area contributed by atoms with Crippen LogP contribution in [0.4, 0.5) is 0 Å². The number of ketones is 1. The van der Waals surface area contributed by atoms with E-state index in [1.165, 1.54) is 6.08 Å². The van der Waals surface area contributed by atoms with Crippen molar-refractivity contribution in [3.05, 3.63) is 35.1 Å². The third-order valence-electron chi connectivity index (χ3n) is 3.66. The molecule has 0 radical (unpaired) electrons. The molecule has 1 aliphatic carbocycles. The van der Waals surface area contributed by atoms with Gasteiger partial charge in [0.15, 0.2) is 5.78 Å². The molecule has 2 rings (SSSR count). The lowest BCUT2D eigenvalue weighted by Crippen LogP contribution is -2.31. The molecule has 2 aliphatic rings. The van der Waals surface area contributed by atoms with Crippen molar-refractivity contribution in [2.45, 2.75) is 39.7 Å². The van der Waals surface area contributed by atoms with Gasteiger partial charge < -0.3 is 11.1 Å². The SMILES string of the molecule is CC1=CC2(C=C(C)C1=O)CC(C)(C)NC2=CC(N)=O. The van der Waals surface area contributed by atoms with E-state index in [0.717, 1.165) is 23.3 Å². The van der Waals surface area contributed by atoms with Crippen LogP contribution in [0.25, 0.3) is 0 Å². The van der Waals surface area contributed by atoms with Crippen LogP contribution in [0.1, 0.15) is 34.1 Å². The number of Topliss-reactive ketones (excluding diaryl/α,β-unsaturated/α-hetero) is 1. The zero-order valence-electron chi connectivity index (χ0n) is 11.8. The van der Waals surface area contributed by atoms with Gasteiger partial charge in [-0.25, -0.2) is 0 Å². The molecule has 102 valence electrons. The maximum Gasteiger partial charge on any atom is 0.243 e. The Morgan fingerprint density at radius 1 is 1.32 bits per heavy atom. The van der Waals surface area contributed by atoms with Crippen LogP contribution in [0.15, 0.2) is 35.1 Å². The molecule has 0 aromatic carbocycles. The molecule has 0 unspecified atom stereocenters. The van der Waals surface area contributed by atoms with E-state index in [9.17, 15) is 9.59 Å². The largest absolute Gasteiger partial charge is 0.382 e. The standard InChI is InChI=1S/C15H20N2O2/c1-9-6-15(7-10(2)13(9)19)8-14(3,4)17-11(15)5-12(16)18/h5-7,17H,8H2,1-4H3,(H2,16,18). The lowest BCUT2D eigenvalue weighted by Gasteiger charge is -2.28. The maximum absolute atomic E-state index is 11.9. The zero-order valence-corrected chi connectivity index (χ0v) is 11.8. The smallest absolute Gasteiger partial charge is 0.243 e. The topological polar surface area (TPSA) is 72.2 Å². The second-order valence-corrected chi connectivity index (χ2v) is 6.17. The second-order valence-electron chi connectivity index (χ2n) is 6.17. The van der Waals surface area contributed by atoms with E-state index in [0.29, 0.717) is 0 Å². The highest BCUT2D eigenvalue weighted by Crippen LogP contribution is 2.47. The molecule has 1 fully saturated rings. The molecule has 1 heterocycles. The average molecular weight is 260 g/mol. The van der Waals surface area contributed by atoms with Crippen LogP contribution in [0.3, 0.4) is 0 Å². The Morgan fingerprint density at radius 2 is 1.84 bits per heavy atom. The third-order valence-corrected chi connectivity index (χ3v) is 3.66. The van der Waals surface area contributed by atoms with Crippen LogP contribution in [0.2, 0.25) is 0 Å². The minimum Gasteiger partial charge on any atom is -0.382 e. The normalized spacial score (nSPS) is 26.1. The van der Waals surface area contributed by atoms with Crippen LogP contribution in [-0.4, -0.2) is 17.2 Å². The first-order valence-corrected chi connectivity index (χ1v) is 6.39. The lowest BCUT2D eigenvalue weighted by atomic mass is 9.73. The summed E-state index contributed by atoms with van der Waals surface area (Å²) in [6.45, 7) is 7.76. The molecular formula is C15H20N2O2. The van der Waals surface area contributed by atoms with Crippen LogP contribution in [-0.2, 0) is 9.59 Å². The van der Waals surface area contributed by atoms with Crippen molar-refractivity contribution in [1.29, 1.82) is 0 Å². The Labute approximate surface area is 113 Å². The van der Waals surface area contributed by atoms with Crippen molar-refractivity contribution in [1.82, 2.24) is 5.32 Å². The predicted octanol–water partition coefficient (Wildman–Crippen LogP) is 1.59. The summed E-state index contributed by atoms with van der Waals surface area (Å²) in [5.41, 5.74) is 6.93. The van der Waals surface area contributed by atoms with Gasteiger partial charge in [0.25, 0.3) is 0 Å². The number of allylic oxidation sites excluding steroid dienone is 3. The van der Waals surface area contributed by atoms with E-state index < -0.39 is 11.3 Å². The molecule has 0 atom stereocenters. The monoisotopic (exact) mass is 260 g/mol. The molecule has 1 aliphatic heterocycles. The summed E-state index contributed by atoms with van der Waals surface area (Å²) in [6, 6.07) is 0. The summed E-state index contributed by atoms with van der Waals surface area (Å²) in [7, 11) is 0. The lowest BCUT2D eigenvalue weighted by molar-refractivity contribution is -0.114. The molecule has 4 heteroatoms. The highest BCUT2D eigenvalue weighted by molar-refractivity contribution is 6.08. The number of amides is 1. The number of primary amides is 1. The summed E-state index contributed by atoms with van der Waals surface area (Å²) < 4.78 is 0. The molecule has 0 saturated carbocycles. The average Bonchev–Trinajstić information content (AvgIpc) is 2.45. The van der Waals surface area contributed by atoms with Crippen LogP contribution in [0, 0.1) is 5.41 Å². The van der Waals surface area contributed by atoms with Crippen LogP contribution in [0.5, 0.6) is 0 Å². The van der Waals surface area contributed by atoms with Crippen molar-refractivity contribution >= 4 is 11.7 Å². The van der Waals surface area contributed by atoms with Gasteiger partial charge in [0.05, 0.1) is 0 Å². The third kappa shape index (κ3) is 2.35. The molecule has 1 amide bonds. The number of rotatable bonds is 1. The van der Waals surface area contributed by atoms with Crippen molar-refractivity contribution in [2.75, 3.05) is 0 Å². The zero-order chi connectivity index (χ0) is 14.4. The van der Waals surface area contributed by atoms with E-state index in [4.69, 9.17) is 5.73 Å². The van der Waals surface area contributed by atoms with E-state index >= 15 is 0 Å². The molecule has 1 spiro atoms. The van der Waals surface area contributed by atoms with E-state index in [1.54, 1.807) is 0 Å². The summed E-state index contributed by atoms with van der Waals surface area (Å²) in [6.07, 6.45) is 6.11. The predicted molar refractivity (Wildman–Crippen MR) is 74.1 cm³/mol. The Hall–Kier alpha value is -1.84. The van der Waals surface area contributed by atoms with Gasteiger partial charge in [0.2, 0.25) is 5.91 Å². The van der Waals surface area contributed by atoms with Crippen molar-refractivity contribution in [3.8, 4) is 0 Å². The Morgan fingerprint density at radius 3 is 2.32 bits per heavy atom. The molecule has 0 bridgehead atoms. The number of nitrogens with one attached hydrogen (secondary N) is 1. The van der Waals surface area contributed by atoms with Gasteiger partial charge in [-0.05, 0) is 45.3 Å². The van der Waals surface area contributed by atoms with Crippen LogP contribution >= 0.6 is 0 Å². The van der Waals surface area contributed by atoms with Gasteiger partial charge >= 0.3 is 0 Å². The van der Waals surface area contributed by atoms with Gasteiger partial charge in [0, 0.05) is 22.7 Å². The maximum atomic E-state index is 11.9. The molecule has 0 aromatic rings. The number of carbonyl (C=O) groups excluding carboxylic acids is 2. The van der Waals surface area contributed by atoms with E-state index in [1.807, 2.05) is 26.0 Å². The van der Waals surface area contributed by atoms with Crippen molar-refractivity contribution in [2.24, 2.45) is 11.1 Å².